The summed E-state index contributed by atoms with van der Waals surface area (Å²) < 4.78 is 1.68. The summed E-state index contributed by atoms with van der Waals surface area (Å²) >= 11 is 5.94. The van der Waals surface area contributed by atoms with E-state index in [2.05, 4.69) is 25.9 Å². The Labute approximate surface area is 160 Å². The molecule has 134 valence electrons. The van der Waals surface area contributed by atoms with Gasteiger partial charge in [0.15, 0.2) is 11.5 Å². The normalized spacial score (nSPS) is 10.7. The fourth-order valence-electron chi connectivity index (χ4n) is 2.69. The molecule has 27 heavy (non-hydrogen) atoms. The largest absolute Gasteiger partial charge is 0.281 e. The highest BCUT2D eigenvalue weighted by molar-refractivity contribution is 6.30. The van der Waals surface area contributed by atoms with Gasteiger partial charge in [0.1, 0.15) is 6.33 Å². The summed E-state index contributed by atoms with van der Waals surface area (Å²) in [6, 6.07) is 14.6. The molecule has 0 unspecified atom stereocenters. The molecule has 2 heterocycles. The summed E-state index contributed by atoms with van der Waals surface area (Å²) in [7, 11) is 0. The molecule has 4 rings (SSSR count). The van der Waals surface area contributed by atoms with Crippen LogP contribution in [-0.2, 0) is 0 Å². The van der Waals surface area contributed by atoms with Gasteiger partial charge < -0.3 is 0 Å². The van der Waals surface area contributed by atoms with Crippen LogP contribution in [0.5, 0.6) is 0 Å². The van der Waals surface area contributed by atoms with E-state index in [-0.39, 0.29) is 5.91 Å². The zero-order chi connectivity index (χ0) is 18.8. The van der Waals surface area contributed by atoms with E-state index in [1.807, 2.05) is 37.3 Å². The monoisotopic (exact) mass is 378 g/mol. The molecule has 0 spiro atoms. The van der Waals surface area contributed by atoms with E-state index in [0.717, 1.165) is 11.3 Å². The molecule has 0 aliphatic carbocycles. The zero-order valence-electron chi connectivity index (χ0n) is 14.3. The molecule has 2 N–H and O–H groups in total. The number of hydrazine groups is 1. The first-order chi connectivity index (χ1) is 13.1. The SMILES string of the molecule is Cc1cccc(C(=O)NNc2ncnc3c2cnn3-c2ccc(Cl)cc2)c1. The van der Waals surface area contributed by atoms with Crippen LogP contribution >= 0.6 is 11.6 Å². The summed E-state index contributed by atoms with van der Waals surface area (Å²) in [4.78, 5) is 20.8. The van der Waals surface area contributed by atoms with E-state index in [1.54, 1.807) is 29.1 Å². The third-order valence-corrected chi connectivity index (χ3v) is 4.26. The maximum atomic E-state index is 12.3. The van der Waals surface area contributed by atoms with Crippen molar-refractivity contribution >= 4 is 34.4 Å². The van der Waals surface area contributed by atoms with Crippen LogP contribution < -0.4 is 10.9 Å². The van der Waals surface area contributed by atoms with Gasteiger partial charge >= 0.3 is 0 Å². The minimum atomic E-state index is -0.254. The Hall–Kier alpha value is -3.45. The number of aromatic nitrogens is 4. The summed E-state index contributed by atoms with van der Waals surface area (Å²) in [6.07, 6.45) is 3.06. The molecule has 0 saturated heterocycles. The summed E-state index contributed by atoms with van der Waals surface area (Å²) in [6.45, 7) is 1.93. The van der Waals surface area contributed by atoms with Crippen molar-refractivity contribution in [2.45, 2.75) is 6.92 Å². The Morgan fingerprint density at radius 2 is 1.93 bits per heavy atom. The molecule has 0 atom stereocenters. The van der Waals surface area contributed by atoms with Crippen molar-refractivity contribution < 1.29 is 4.79 Å². The van der Waals surface area contributed by atoms with E-state index < -0.39 is 0 Å². The van der Waals surface area contributed by atoms with Crippen molar-refractivity contribution in [2.24, 2.45) is 0 Å². The highest BCUT2D eigenvalue weighted by Crippen LogP contribution is 2.22. The summed E-state index contributed by atoms with van der Waals surface area (Å²) in [5.41, 5.74) is 8.51. The third kappa shape index (κ3) is 3.45. The number of nitrogens with one attached hydrogen (secondary N) is 2. The molecule has 2 aromatic heterocycles. The average molecular weight is 379 g/mol. The molecule has 0 aliphatic rings. The predicted octanol–water partition coefficient (Wildman–Crippen LogP) is 3.53. The Balaban J connectivity index is 1.60. The molecule has 4 aromatic rings. The number of rotatable bonds is 4. The number of hydrogen-bond acceptors (Lipinski definition) is 5. The number of fused-ring (bicyclic) bond motifs is 1. The maximum Gasteiger partial charge on any atom is 0.269 e. The molecule has 0 aliphatic heterocycles. The first-order valence-corrected chi connectivity index (χ1v) is 8.57. The minimum absolute atomic E-state index is 0.254. The standard InChI is InChI=1S/C19H15ClN6O/c1-12-3-2-4-13(9-12)19(27)25-24-17-16-10-23-26(18(16)22-11-21-17)15-7-5-14(20)6-8-15/h2-11H,1H3,(H,25,27)(H,21,22,24). The molecule has 8 heteroatoms. The topological polar surface area (TPSA) is 84.7 Å². The number of anilines is 1. The van der Waals surface area contributed by atoms with Crippen LogP contribution in [-0.4, -0.2) is 25.7 Å². The lowest BCUT2D eigenvalue weighted by Gasteiger charge is -2.09. The molecular formula is C19H15ClN6O. The lowest BCUT2D eigenvalue weighted by Crippen LogP contribution is -2.29. The fraction of sp³-hybridized carbons (Fsp3) is 0.0526. The molecule has 0 bridgehead atoms. The van der Waals surface area contributed by atoms with Gasteiger partial charge in [0.2, 0.25) is 0 Å². The van der Waals surface area contributed by atoms with Gasteiger partial charge in [-0.3, -0.25) is 15.6 Å². The first kappa shape index (κ1) is 17.0. The smallest absolute Gasteiger partial charge is 0.269 e. The molecule has 0 saturated carbocycles. The van der Waals surface area contributed by atoms with Gasteiger partial charge in [-0.25, -0.2) is 14.6 Å². The number of carbonyl (C=O) groups excluding carboxylic acids is 1. The molecule has 0 fully saturated rings. The minimum Gasteiger partial charge on any atom is -0.281 e. The lowest BCUT2D eigenvalue weighted by molar-refractivity contribution is 0.0962. The number of aryl methyl sites for hydroxylation is 1. The Morgan fingerprint density at radius 3 is 2.70 bits per heavy atom. The Bertz CT molecular complexity index is 1120. The van der Waals surface area contributed by atoms with Crippen molar-refractivity contribution in [2.75, 3.05) is 5.43 Å². The van der Waals surface area contributed by atoms with Gasteiger partial charge in [-0.2, -0.15) is 5.10 Å². The van der Waals surface area contributed by atoms with Crippen molar-refractivity contribution in [3.05, 3.63) is 77.2 Å². The number of amides is 1. The van der Waals surface area contributed by atoms with E-state index >= 15 is 0 Å². The molecular weight excluding hydrogens is 364 g/mol. The summed E-state index contributed by atoms with van der Waals surface area (Å²) in [5, 5.41) is 5.69. The Kier molecular flexibility index (Phi) is 4.43. The first-order valence-electron chi connectivity index (χ1n) is 8.19. The van der Waals surface area contributed by atoms with E-state index in [9.17, 15) is 4.79 Å². The number of halogens is 1. The van der Waals surface area contributed by atoms with Gasteiger partial charge in [0.05, 0.1) is 17.3 Å². The average Bonchev–Trinajstić information content (AvgIpc) is 3.11. The molecule has 7 nitrogen and oxygen atoms in total. The second-order valence-corrected chi connectivity index (χ2v) is 6.38. The van der Waals surface area contributed by atoms with Gasteiger partial charge in [-0.05, 0) is 43.3 Å². The maximum absolute atomic E-state index is 12.3. The quantitative estimate of drug-likeness (QED) is 0.530. The van der Waals surface area contributed by atoms with Crippen molar-refractivity contribution in [1.29, 1.82) is 0 Å². The summed E-state index contributed by atoms with van der Waals surface area (Å²) in [5.74, 6) is 0.205. The van der Waals surface area contributed by atoms with Crippen LogP contribution in [0, 0.1) is 6.92 Å². The van der Waals surface area contributed by atoms with Crippen LogP contribution in [0.15, 0.2) is 61.1 Å². The second-order valence-electron chi connectivity index (χ2n) is 5.94. The van der Waals surface area contributed by atoms with Crippen molar-refractivity contribution in [3.63, 3.8) is 0 Å². The van der Waals surface area contributed by atoms with E-state index in [4.69, 9.17) is 11.6 Å². The van der Waals surface area contributed by atoms with Gasteiger partial charge in [-0.15, -0.1) is 0 Å². The molecule has 1 amide bonds. The van der Waals surface area contributed by atoms with E-state index in [0.29, 0.717) is 27.4 Å². The highest BCUT2D eigenvalue weighted by Gasteiger charge is 2.12. The number of hydrogen-bond donors (Lipinski definition) is 2. The predicted molar refractivity (Wildman–Crippen MR) is 104 cm³/mol. The van der Waals surface area contributed by atoms with Crippen molar-refractivity contribution in [3.8, 4) is 5.69 Å². The lowest BCUT2D eigenvalue weighted by atomic mass is 10.1. The van der Waals surface area contributed by atoms with E-state index in [1.165, 1.54) is 6.33 Å². The number of benzene rings is 2. The van der Waals surface area contributed by atoms with Crippen LogP contribution in [0.25, 0.3) is 16.7 Å². The van der Waals surface area contributed by atoms with Gasteiger partial charge in [-0.1, -0.05) is 29.3 Å². The highest BCUT2D eigenvalue weighted by atomic mass is 35.5. The van der Waals surface area contributed by atoms with Gasteiger partial charge in [0.25, 0.3) is 5.91 Å². The number of nitrogens with zero attached hydrogens (tertiary/aromatic N) is 4. The fourth-order valence-corrected chi connectivity index (χ4v) is 2.82. The van der Waals surface area contributed by atoms with Crippen LogP contribution in [0.1, 0.15) is 15.9 Å². The Morgan fingerprint density at radius 1 is 1.11 bits per heavy atom. The van der Waals surface area contributed by atoms with Crippen LogP contribution in [0.4, 0.5) is 5.82 Å². The van der Waals surface area contributed by atoms with Crippen LogP contribution in [0.2, 0.25) is 5.02 Å². The number of carbonyl (C=O) groups is 1. The second kappa shape index (κ2) is 7.05. The molecule has 0 radical (unpaired) electrons. The van der Waals surface area contributed by atoms with Gasteiger partial charge in [0, 0.05) is 10.6 Å². The van der Waals surface area contributed by atoms with Crippen molar-refractivity contribution in [1.82, 2.24) is 25.2 Å². The zero-order valence-corrected chi connectivity index (χ0v) is 15.1. The third-order valence-electron chi connectivity index (χ3n) is 4.01. The molecule has 2 aromatic carbocycles. The van der Waals surface area contributed by atoms with Crippen LogP contribution in [0.3, 0.4) is 0 Å².